The van der Waals surface area contributed by atoms with Gasteiger partial charge in [0.1, 0.15) is 0 Å². The maximum Gasteiger partial charge on any atom is 0.167 e. The molecule has 86 valence electrons. The molecule has 0 atom stereocenters. The van der Waals surface area contributed by atoms with Crippen LogP contribution in [0.5, 0.6) is 0 Å². The summed E-state index contributed by atoms with van der Waals surface area (Å²) in [6, 6.07) is 0. The van der Waals surface area contributed by atoms with Gasteiger partial charge in [0.05, 0.1) is 5.57 Å². The van der Waals surface area contributed by atoms with E-state index < -0.39 is 0 Å². The Balaban J connectivity index is 4.64. The fourth-order valence-corrected chi connectivity index (χ4v) is 1.22. The van der Waals surface area contributed by atoms with Crippen LogP contribution < -0.4 is 0 Å². The van der Waals surface area contributed by atoms with Gasteiger partial charge in [-0.25, -0.2) is 0 Å². The summed E-state index contributed by atoms with van der Waals surface area (Å²) < 4.78 is 0. The fraction of sp³-hybridized carbons (Fsp3) is 0.667. The van der Waals surface area contributed by atoms with Crippen molar-refractivity contribution in [3.05, 3.63) is 11.8 Å². The van der Waals surface area contributed by atoms with Crippen LogP contribution in [0.3, 0.4) is 0 Å². The molecule has 0 N–H and O–H groups in total. The first-order valence-electron chi connectivity index (χ1n) is 5.47. The SMILES string of the molecule is CCCCC(=O)C(=CN(C)C)C(=O)CC. The highest BCUT2D eigenvalue weighted by molar-refractivity contribution is 6.19. The van der Waals surface area contributed by atoms with Crippen molar-refractivity contribution in [3.63, 3.8) is 0 Å². The van der Waals surface area contributed by atoms with Gasteiger partial charge in [0, 0.05) is 33.1 Å². The van der Waals surface area contributed by atoms with Gasteiger partial charge >= 0.3 is 0 Å². The Morgan fingerprint density at radius 3 is 2.13 bits per heavy atom. The molecule has 0 fully saturated rings. The van der Waals surface area contributed by atoms with Crippen LogP contribution in [0.15, 0.2) is 11.8 Å². The molecule has 0 aliphatic rings. The van der Waals surface area contributed by atoms with Crippen molar-refractivity contribution in [3.8, 4) is 0 Å². The standard InChI is InChI=1S/C12H21NO2/c1-5-7-8-12(15)10(9-13(3)4)11(14)6-2/h9H,5-8H2,1-4H3. The summed E-state index contributed by atoms with van der Waals surface area (Å²) in [5.74, 6) is -0.0952. The van der Waals surface area contributed by atoms with Crippen LogP contribution in [0.25, 0.3) is 0 Å². The van der Waals surface area contributed by atoms with E-state index >= 15 is 0 Å². The highest BCUT2D eigenvalue weighted by atomic mass is 16.1. The Hall–Kier alpha value is -1.12. The average molecular weight is 211 g/mol. The lowest BCUT2D eigenvalue weighted by atomic mass is 10.0. The summed E-state index contributed by atoms with van der Waals surface area (Å²) in [5.41, 5.74) is 0.343. The van der Waals surface area contributed by atoms with Gasteiger partial charge < -0.3 is 4.90 Å². The van der Waals surface area contributed by atoms with Crippen LogP contribution in [0, 0.1) is 0 Å². The Morgan fingerprint density at radius 2 is 1.73 bits per heavy atom. The minimum Gasteiger partial charge on any atom is -0.383 e. The van der Waals surface area contributed by atoms with Crippen LogP contribution in [-0.4, -0.2) is 30.6 Å². The monoisotopic (exact) mass is 211 g/mol. The predicted molar refractivity (Wildman–Crippen MR) is 61.6 cm³/mol. The number of nitrogens with zero attached hydrogens (tertiary/aromatic N) is 1. The Kier molecular flexibility index (Phi) is 6.67. The summed E-state index contributed by atoms with van der Waals surface area (Å²) in [7, 11) is 3.63. The molecule has 0 amide bonds. The van der Waals surface area contributed by atoms with Crippen molar-refractivity contribution in [1.82, 2.24) is 4.90 Å². The molecule has 0 aromatic heterocycles. The molecular weight excluding hydrogens is 190 g/mol. The van der Waals surface area contributed by atoms with Crippen LogP contribution in [0.4, 0.5) is 0 Å². The Bertz CT molecular complexity index is 254. The Morgan fingerprint density at radius 1 is 1.13 bits per heavy atom. The summed E-state index contributed by atoms with van der Waals surface area (Å²) >= 11 is 0. The maximum atomic E-state index is 11.7. The van der Waals surface area contributed by atoms with Gasteiger partial charge in [0.15, 0.2) is 11.6 Å². The largest absolute Gasteiger partial charge is 0.383 e. The van der Waals surface area contributed by atoms with Crippen LogP contribution in [-0.2, 0) is 9.59 Å². The van der Waals surface area contributed by atoms with Gasteiger partial charge in [-0.15, -0.1) is 0 Å². The molecule has 0 bridgehead atoms. The molecule has 15 heavy (non-hydrogen) atoms. The molecule has 0 saturated heterocycles. The predicted octanol–water partition coefficient (Wildman–Crippen LogP) is 2.17. The molecule has 3 heteroatoms. The average Bonchev–Trinajstić information content (AvgIpc) is 2.21. The lowest BCUT2D eigenvalue weighted by Gasteiger charge is -2.09. The maximum absolute atomic E-state index is 11.7. The fourth-order valence-electron chi connectivity index (χ4n) is 1.22. The number of hydrogen-bond donors (Lipinski definition) is 0. The molecule has 0 aliphatic carbocycles. The number of hydrogen-bond acceptors (Lipinski definition) is 3. The van der Waals surface area contributed by atoms with E-state index in [1.54, 1.807) is 18.0 Å². The zero-order valence-electron chi connectivity index (χ0n) is 10.2. The minimum absolute atomic E-state index is 0.0302. The van der Waals surface area contributed by atoms with E-state index in [0.29, 0.717) is 18.4 Å². The van der Waals surface area contributed by atoms with Gasteiger partial charge in [-0.1, -0.05) is 20.3 Å². The van der Waals surface area contributed by atoms with Gasteiger partial charge in [-0.05, 0) is 6.42 Å². The third kappa shape index (κ3) is 5.35. The van der Waals surface area contributed by atoms with Crippen molar-refractivity contribution in [2.45, 2.75) is 39.5 Å². The summed E-state index contributed by atoms with van der Waals surface area (Å²) in [6.45, 7) is 3.81. The second-order valence-corrected chi connectivity index (χ2v) is 3.81. The van der Waals surface area contributed by atoms with Crippen molar-refractivity contribution in [1.29, 1.82) is 0 Å². The molecule has 0 rings (SSSR count). The highest BCUT2D eigenvalue weighted by Gasteiger charge is 2.15. The second kappa shape index (κ2) is 7.21. The number of allylic oxidation sites excluding steroid dienone is 1. The zero-order chi connectivity index (χ0) is 11.8. The van der Waals surface area contributed by atoms with Gasteiger partial charge in [-0.2, -0.15) is 0 Å². The number of Topliss-reactive ketones (excluding diaryl/α,β-unsaturated/α-hetero) is 2. The van der Waals surface area contributed by atoms with Gasteiger partial charge in [-0.3, -0.25) is 9.59 Å². The molecule has 3 nitrogen and oxygen atoms in total. The van der Waals surface area contributed by atoms with Crippen molar-refractivity contribution < 1.29 is 9.59 Å². The van der Waals surface area contributed by atoms with Gasteiger partial charge in [0.25, 0.3) is 0 Å². The molecular formula is C12H21NO2. The molecule has 0 saturated carbocycles. The van der Waals surface area contributed by atoms with E-state index in [4.69, 9.17) is 0 Å². The molecule has 0 aliphatic heterocycles. The van der Waals surface area contributed by atoms with Crippen LogP contribution in [0.2, 0.25) is 0 Å². The van der Waals surface area contributed by atoms with Crippen molar-refractivity contribution in [2.75, 3.05) is 14.1 Å². The van der Waals surface area contributed by atoms with Gasteiger partial charge in [0.2, 0.25) is 0 Å². The molecule has 0 unspecified atom stereocenters. The van der Waals surface area contributed by atoms with E-state index in [0.717, 1.165) is 12.8 Å². The third-order valence-corrected chi connectivity index (χ3v) is 2.07. The summed E-state index contributed by atoms with van der Waals surface area (Å²) in [5, 5.41) is 0. The Labute approximate surface area is 92.1 Å². The topological polar surface area (TPSA) is 37.4 Å². The molecule has 0 aromatic rings. The molecule has 0 radical (unpaired) electrons. The number of ketones is 2. The van der Waals surface area contributed by atoms with E-state index in [9.17, 15) is 9.59 Å². The summed E-state index contributed by atoms with van der Waals surface area (Å²) in [6.07, 6.45) is 4.31. The lowest BCUT2D eigenvalue weighted by Crippen LogP contribution is -2.16. The normalized spacial score (nSPS) is 11.3. The van der Waals surface area contributed by atoms with Crippen LogP contribution in [0.1, 0.15) is 39.5 Å². The van der Waals surface area contributed by atoms with Crippen molar-refractivity contribution >= 4 is 11.6 Å². The first-order valence-corrected chi connectivity index (χ1v) is 5.47. The number of carbonyl (C=O) groups is 2. The van der Waals surface area contributed by atoms with E-state index in [1.807, 2.05) is 21.0 Å². The smallest absolute Gasteiger partial charge is 0.167 e. The highest BCUT2D eigenvalue weighted by Crippen LogP contribution is 2.08. The van der Waals surface area contributed by atoms with Crippen molar-refractivity contribution in [2.24, 2.45) is 0 Å². The quantitative estimate of drug-likeness (QED) is 0.368. The van der Waals surface area contributed by atoms with E-state index in [-0.39, 0.29) is 11.6 Å². The summed E-state index contributed by atoms with van der Waals surface area (Å²) in [4.78, 5) is 25.0. The van der Waals surface area contributed by atoms with E-state index in [2.05, 4.69) is 0 Å². The molecule has 0 aromatic carbocycles. The molecule has 0 heterocycles. The number of rotatable bonds is 7. The molecule has 0 spiro atoms. The second-order valence-electron chi connectivity index (χ2n) is 3.81. The zero-order valence-corrected chi connectivity index (χ0v) is 10.2. The number of unbranched alkanes of at least 4 members (excludes halogenated alkanes) is 1. The third-order valence-electron chi connectivity index (χ3n) is 2.07. The number of carbonyl (C=O) groups excluding carboxylic acids is 2. The minimum atomic E-state index is -0.0650. The van der Waals surface area contributed by atoms with Crippen LogP contribution >= 0.6 is 0 Å². The first kappa shape index (κ1) is 13.9. The van der Waals surface area contributed by atoms with E-state index in [1.165, 1.54) is 0 Å². The first-order chi connectivity index (χ1) is 7.02. The lowest BCUT2D eigenvalue weighted by molar-refractivity contribution is -0.121.